The average Bonchev–Trinajstić information content (AvgIpc) is 2.70. The number of hydrogen-bond acceptors (Lipinski definition) is 5. The lowest BCUT2D eigenvalue weighted by Gasteiger charge is -2.16. The summed E-state index contributed by atoms with van der Waals surface area (Å²) in [6.07, 6.45) is 0.186. The zero-order valence-corrected chi connectivity index (χ0v) is 10.1. The molecule has 0 bridgehead atoms. The first-order valence-electron chi connectivity index (χ1n) is 5.00. The SMILES string of the molecule is COCCC(NC(=O)C1CSC(=O)N1)C(=O)O. The summed E-state index contributed by atoms with van der Waals surface area (Å²) < 4.78 is 4.76. The topological polar surface area (TPSA) is 105 Å². The minimum absolute atomic E-state index is 0.186. The van der Waals surface area contributed by atoms with Crippen LogP contribution in [-0.4, -0.2) is 53.8 Å². The summed E-state index contributed by atoms with van der Waals surface area (Å²) in [4.78, 5) is 33.4. The van der Waals surface area contributed by atoms with Crippen molar-refractivity contribution in [3.8, 4) is 0 Å². The molecule has 1 rings (SSSR count). The van der Waals surface area contributed by atoms with E-state index < -0.39 is 24.0 Å². The number of hydrogen-bond donors (Lipinski definition) is 3. The zero-order valence-electron chi connectivity index (χ0n) is 9.26. The van der Waals surface area contributed by atoms with E-state index in [0.717, 1.165) is 11.8 Å². The van der Waals surface area contributed by atoms with Crippen LogP contribution in [0.5, 0.6) is 0 Å². The molecule has 8 heteroatoms. The van der Waals surface area contributed by atoms with Gasteiger partial charge in [-0.15, -0.1) is 0 Å². The largest absolute Gasteiger partial charge is 0.480 e. The summed E-state index contributed by atoms with van der Waals surface area (Å²) in [5, 5.41) is 13.4. The lowest BCUT2D eigenvalue weighted by Crippen LogP contribution is -2.49. The van der Waals surface area contributed by atoms with Crippen molar-refractivity contribution in [2.45, 2.75) is 18.5 Å². The van der Waals surface area contributed by atoms with E-state index in [1.807, 2.05) is 0 Å². The smallest absolute Gasteiger partial charge is 0.326 e. The third-order valence-corrected chi connectivity index (χ3v) is 3.09. The number of rotatable bonds is 6. The fourth-order valence-corrected chi connectivity index (χ4v) is 2.07. The Hall–Kier alpha value is -1.28. The molecule has 2 atom stereocenters. The van der Waals surface area contributed by atoms with Crippen LogP contribution in [0.1, 0.15) is 6.42 Å². The van der Waals surface area contributed by atoms with Gasteiger partial charge in [-0.1, -0.05) is 11.8 Å². The van der Waals surface area contributed by atoms with Gasteiger partial charge in [0.25, 0.3) is 5.24 Å². The van der Waals surface area contributed by atoms with Crippen molar-refractivity contribution in [2.75, 3.05) is 19.5 Å². The lowest BCUT2D eigenvalue weighted by atomic mass is 10.2. The van der Waals surface area contributed by atoms with Gasteiger partial charge in [-0.05, 0) is 0 Å². The monoisotopic (exact) mass is 262 g/mol. The minimum atomic E-state index is -1.12. The van der Waals surface area contributed by atoms with Gasteiger partial charge in [-0.25, -0.2) is 4.79 Å². The molecule has 7 nitrogen and oxygen atoms in total. The maximum atomic E-state index is 11.6. The molecular formula is C9H14N2O5S. The van der Waals surface area contributed by atoms with Crippen LogP contribution in [0.3, 0.4) is 0 Å². The third kappa shape index (κ3) is 4.23. The number of carboxylic acid groups (broad SMARTS) is 1. The van der Waals surface area contributed by atoms with Crippen molar-refractivity contribution in [3.05, 3.63) is 0 Å². The van der Waals surface area contributed by atoms with E-state index in [2.05, 4.69) is 10.6 Å². The fraction of sp³-hybridized carbons (Fsp3) is 0.667. The molecule has 17 heavy (non-hydrogen) atoms. The highest BCUT2D eigenvalue weighted by Gasteiger charge is 2.30. The number of carbonyl (C=O) groups is 3. The van der Waals surface area contributed by atoms with Gasteiger partial charge in [0, 0.05) is 25.9 Å². The van der Waals surface area contributed by atoms with Crippen molar-refractivity contribution in [2.24, 2.45) is 0 Å². The molecule has 0 aromatic carbocycles. The molecule has 0 spiro atoms. The first kappa shape index (κ1) is 13.8. The summed E-state index contributed by atoms with van der Waals surface area (Å²) in [5.74, 6) is -1.28. The number of carbonyl (C=O) groups excluding carboxylic acids is 2. The normalized spacial score (nSPS) is 20.8. The molecule has 3 N–H and O–H groups in total. The van der Waals surface area contributed by atoms with Gasteiger partial charge in [-0.2, -0.15) is 0 Å². The van der Waals surface area contributed by atoms with Crippen LogP contribution in [0.2, 0.25) is 0 Å². The maximum Gasteiger partial charge on any atom is 0.326 e. The molecule has 0 aliphatic carbocycles. The molecule has 0 saturated carbocycles. The summed E-state index contributed by atoms with van der Waals surface area (Å²) >= 11 is 1.00. The van der Waals surface area contributed by atoms with Crippen molar-refractivity contribution >= 4 is 28.9 Å². The summed E-state index contributed by atoms with van der Waals surface area (Å²) in [6.45, 7) is 0.239. The Morgan fingerprint density at radius 2 is 2.41 bits per heavy atom. The Labute approximate surface area is 102 Å². The van der Waals surface area contributed by atoms with E-state index in [4.69, 9.17) is 9.84 Å². The third-order valence-electron chi connectivity index (χ3n) is 2.21. The molecule has 1 aliphatic heterocycles. The van der Waals surface area contributed by atoms with Gasteiger partial charge >= 0.3 is 5.97 Å². The zero-order chi connectivity index (χ0) is 12.8. The highest BCUT2D eigenvalue weighted by molar-refractivity contribution is 8.14. The second kappa shape index (κ2) is 6.45. The van der Waals surface area contributed by atoms with Gasteiger partial charge in [-0.3, -0.25) is 9.59 Å². The summed E-state index contributed by atoms with van der Waals surface area (Å²) in [5.41, 5.74) is 0. The van der Waals surface area contributed by atoms with E-state index >= 15 is 0 Å². The number of thioether (sulfide) groups is 1. The van der Waals surface area contributed by atoms with Crippen LogP contribution in [0.4, 0.5) is 4.79 Å². The number of nitrogens with one attached hydrogen (secondary N) is 2. The fourth-order valence-electron chi connectivity index (χ4n) is 1.29. The van der Waals surface area contributed by atoms with Crippen LogP contribution in [0.25, 0.3) is 0 Å². The molecule has 0 aromatic heterocycles. The van der Waals surface area contributed by atoms with Crippen LogP contribution in [0, 0.1) is 0 Å². The second-order valence-corrected chi connectivity index (χ2v) is 4.47. The summed E-state index contributed by atoms with van der Waals surface area (Å²) in [7, 11) is 1.45. The van der Waals surface area contributed by atoms with Crippen LogP contribution in [0.15, 0.2) is 0 Å². The number of amides is 2. The predicted octanol–water partition coefficient (Wildman–Crippen LogP) is -0.583. The lowest BCUT2D eigenvalue weighted by molar-refractivity contribution is -0.142. The number of aliphatic carboxylic acids is 1. The summed E-state index contributed by atoms with van der Waals surface area (Å²) in [6, 6.07) is -1.65. The molecule has 1 fully saturated rings. The second-order valence-electron chi connectivity index (χ2n) is 3.48. The first-order chi connectivity index (χ1) is 8.04. The Kier molecular flexibility index (Phi) is 5.23. The van der Waals surface area contributed by atoms with Crippen LogP contribution < -0.4 is 10.6 Å². The molecule has 0 radical (unpaired) electrons. The van der Waals surface area contributed by atoms with E-state index in [-0.39, 0.29) is 18.3 Å². The van der Waals surface area contributed by atoms with E-state index in [9.17, 15) is 14.4 Å². The van der Waals surface area contributed by atoms with E-state index in [1.54, 1.807) is 0 Å². The van der Waals surface area contributed by atoms with Crippen LogP contribution >= 0.6 is 11.8 Å². The molecule has 96 valence electrons. The van der Waals surface area contributed by atoms with Gasteiger partial charge < -0.3 is 20.5 Å². The number of ether oxygens (including phenoxy) is 1. The standard InChI is InChI=1S/C9H14N2O5S/c1-16-3-2-5(8(13)14)10-7(12)6-4-17-9(15)11-6/h5-6H,2-4H2,1H3,(H,10,12)(H,11,15)(H,13,14). The van der Waals surface area contributed by atoms with Crippen molar-refractivity contribution < 1.29 is 24.2 Å². The highest BCUT2D eigenvalue weighted by atomic mass is 32.2. The van der Waals surface area contributed by atoms with Gasteiger partial charge in [0.1, 0.15) is 12.1 Å². The molecule has 2 amide bonds. The number of methoxy groups -OCH3 is 1. The Morgan fingerprint density at radius 3 is 2.88 bits per heavy atom. The van der Waals surface area contributed by atoms with Crippen molar-refractivity contribution in [3.63, 3.8) is 0 Å². The maximum absolute atomic E-state index is 11.6. The molecule has 1 aliphatic rings. The Morgan fingerprint density at radius 1 is 1.71 bits per heavy atom. The van der Waals surface area contributed by atoms with Crippen LogP contribution in [-0.2, 0) is 14.3 Å². The van der Waals surface area contributed by atoms with Gasteiger partial charge in [0.15, 0.2) is 0 Å². The quantitative estimate of drug-likeness (QED) is 0.591. The van der Waals surface area contributed by atoms with E-state index in [1.165, 1.54) is 7.11 Å². The van der Waals surface area contributed by atoms with Gasteiger partial charge in [0.05, 0.1) is 0 Å². The molecule has 2 unspecified atom stereocenters. The Balaban J connectivity index is 2.46. The minimum Gasteiger partial charge on any atom is -0.480 e. The predicted molar refractivity (Wildman–Crippen MR) is 60.8 cm³/mol. The molecule has 1 saturated heterocycles. The molecular weight excluding hydrogens is 248 g/mol. The van der Waals surface area contributed by atoms with Crippen molar-refractivity contribution in [1.29, 1.82) is 0 Å². The Bertz CT molecular complexity index is 323. The molecule has 0 aromatic rings. The average molecular weight is 262 g/mol. The van der Waals surface area contributed by atoms with E-state index in [0.29, 0.717) is 5.75 Å². The molecule has 1 heterocycles. The first-order valence-corrected chi connectivity index (χ1v) is 5.98. The highest BCUT2D eigenvalue weighted by Crippen LogP contribution is 2.13. The van der Waals surface area contributed by atoms with Gasteiger partial charge in [0.2, 0.25) is 5.91 Å². The number of carboxylic acids is 1. The van der Waals surface area contributed by atoms with Crippen molar-refractivity contribution in [1.82, 2.24) is 10.6 Å².